The van der Waals surface area contributed by atoms with Gasteiger partial charge in [-0.1, -0.05) is 23.7 Å². The smallest absolute Gasteiger partial charge is 0.141 e. The fraction of sp³-hybridized carbons (Fsp3) is 0.294. The van der Waals surface area contributed by atoms with Gasteiger partial charge in [-0.25, -0.2) is 4.39 Å². The van der Waals surface area contributed by atoms with E-state index in [1.165, 1.54) is 17.2 Å². The van der Waals surface area contributed by atoms with E-state index in [9.17, 15) is 4.39 Å². The molecule has 0 amide bonds. The Balaban J connectivity index is 1.73. The number of halogens is 2. The van der Waals surface area contributed by atoms with Gasteiger partial charge in [0.05, 0.1) is 5.02 Å². The van der Waals surface area contributed by atoms with Crippen molar-refractivity contribution >= 4 is 11.6 Å². The minimum Gasteiger partial charge on any atom is -0.489 e. The average molecular weight is 306 g/mol. The Bertz CT molecular complexity index is 659. The summed E-state index contributed by atoms with van der Waals surface area (Å²) in [5, 5.41) is 0.114. The second-order valence-electron chi connectivity index (χ2n) is 5.40. The first-order valence-corrected chi connectivity index (χ1v) is 7.46. The van der Waals surface area contributed by atoms with Crippen molar-refractivity contribution in [2.24, 2.45) is 5.73 Å². The molecule has 4 heteroatoms. The van der Waals surface area contributed by atoms with Crippen molar-refractivity contribution in [1.29, 1.82) is 0 Å². The summed E-state index contributed by atoms with van der Waals surface area (Å²) in [7, 11) is 0. The van der Waals surface area contributed by atoms with Gasteiger partial charge in [-0.2, -0.15) is 0 Å². The Kier molecular flexibility index (Phi) is 4.13. The average Bonchev–Trinajstić information content (AvgIpc) is 2.49. The first-order valence-electron chi connectivity index (χ1n) is 7.08. The maximum absolute atomic E-state index is 13.1. The van der Waals surface area contributed by atoms with Gasteiger partial charge in [0.15, 0.2) is 0 Å². The molecule has 0 fully saturated rings. The number of hydrogen-bond acceptors (Lipinski definition) is 2. The molecule has 0 spiro atoms. The summed E-state index contributed by atoms with van der Waals surface area (Å²) in [5.74, 6) is 0.367. The number of fused-ring (bicyclic) bond motifs is 1. The minimum absolute atomic E-state index is 0.0950. The number of rotatable bonds is 3. The monoisotopic (exact) mass is 305 g/mol. The van der Waals surface area contributed by atoms with Crippen LogP contribution in [0.4, 0.5) is 4.39 Å². The molecule has 0 saturated heterocycles. The topological polar surface area (TPSA) is 35.2 Å². The van der Waals surface area contributed by atoms with Crippen LogP contribution in [-0.4, -0.2) is 0 Å². The summed E-state index contributed by atoms with van der Waals surface area (Å²) in [6.07, 6.45) is 3.24. The van der Waals surface area contributed by atoms with E-state index < -0.39 is 5.82 Å². The van der Waals surface area contributed by atoms with Crippen LogP contribution in [0.5, 0.6) is 5.75 Å². The molecule has 2 aromatic rings. The van der Waals surface area contributed by atoms with Crippen LogP contribution in [-0.2, 0) is 13.0 Å². The number of ether oxygens (including phenoxy) is 1. The molecule has 0 aromatic heterocycles. The van der Waals surface area contributed by atoms with Crippen LogP contribution in [0, 0.1) is 5.82 Å². The van der Waals surface area contributed by atoms with E-state index in [1.807, 2.05) is 12.1 Å². The summed E-state index contributed by atoms with van der Waals surface area (Å²) < 4.78 is 18.9. The Hall–Kier alpha value is -1.58. The summed E-state index contributed by atoms with van der Waals surface area (Å²) in [5.41, 5.74) is 9.47. The molecule has 0 saturated carbocycles. The predicted molar refractivity (Wildman–Crippen MR) is 82.1 cm³/mol. The van der Waals surface area contributed by atoms with Gasteiger partial charge >= 0.3 is 0 Å². The Morgan fingerprint density at radius 2 is 2.10 bits per heavy atom. The second kappa shape index (κ2) is 6.04. The Morgan fingerprint density at radius 1 is 1.24 bits per heavy atom. The second-order valence-corrected chi connectivity index (χ2v) is 5.80. The van der Waals surface area contributed by atoms with E-state index in [4.69, 9.17) is 22.1 Å². The van der Waals surface area contributed by atoms with Crippen LogP contribution in [0.1, 0.15) is 35.6 Å². The number of aryl methyl sites for hydroxylation is 1. The SMILES string of the molecule is N[C@@H]1CCCc2ccc(OCc3ccc(F)c(Cl)c3)cc21. The quantitative estimate of drug-likeness (QED) is 0.912. The van der Waals surface area contributed by atoms with Crippen molar-refractivity contribution in [3.05, 3.63) is 63.9 Å². The maximum Gasteiger partial charge on any atom is 0.141 e. The molecule has 2 N–H and O–H groups in total. The molecular weight excluding hydrogens is 289 g/mol. The molecule has 1 aliphatic carbocycles. The van der Waals surface area contributed by atoms with Crippen molar-refractivity contribution in [3.63, 3.8) is 0 Å². The summed E-state index contributed by atoms with van der Waals surface area (Å²) in [6.45, 7) is 0.355. The van der Waals surface area contributed by atoms with Gasteiger partial charge in [0.1, 0.15) is 18.2 Å². The summed E-state index contributed by atoms with van der Waals surface area (Å²) in [6, 6.07) is 10.8. The highest BCUT2D eigenvalue weighted by atomic mass is 35.5. The zero-order valence-corrected chi connectivity index (χ0v) is 12.4. The number of benzene rings is 2. The van der Waals surface area contributed by atoms with E-state index in [2.05, 4.69) is 6.07 Å². The van der Waals surface area contributed by atoms with Gasteiger partial charge in [0.25, 0.3) is 0 Å². The van der Waals surface area contributed by atoms with Crippen LogP contribution in [0.15, 0.2) is 36.4 Å². The van der Waals surface area contributed by atoms with Gasteiger partial charge in [-0.3, -0.25) is 0 Å². The molecule has 0 aliphatic heterocycles. The van der Waals surface area contributed by atoms with E-state index >= 15 is 0 Å². The van der Waals surface area contributed by atoms with Crippen molar-refractivity contribution in [2.45, 2.75) is 31.9 Å². The van der Waals surface area contributed by atoms with Crippen LogP contribution < -0.4 is 10.5 Å². The van der Waals surface area contributed by atoms with Crippen LogP contribution in [0.2, 0.25) is 5.02 Å². The molecule has 0 heterocycles. The highest BCUT2D eigenvalue weighted by Gasteiger charge is 2.17. The lowest BCUT2D eigenvalue weighted by atomic mass is 9.88. The molecule has 1 aliphatic rings. The first-order chi connectivity index (χ1) is 10.1. The highest BCUT2D eigenvalue weighted by molar-refractivity contribution is 6.30. The summed E-state index contributed by atoms with van der Waals surface area (Å²) >= 11 is 5.76. The third kappa shape index (κ3) is 3.20. The van der Waals surface area contributed by atoms with Gasteiger partial charge in [0.2, 0.25) is 0 Å². The minimum atomic E-state index is -0.417. The fourth-order valence-corrected chi connectivity index (χ4v) is 2.90. The fourth-order valence-electron chi connectivity index (χ4n) is 2.70. The lowest BCUT2D eigenvalue weighted by molar-refractivity contribution is 0.305. The van der Waals surface area contributed by atoms with Crippen molar-refractivity contribution in [2.75, 3.05) is 0 Å². The lowest BCUT2D eigenvalue weighted by Crippen LogP contribution is -2.17. The van der Waals surface area contributed by atoms with Gasteiger partial charge < -0.3 is 10.5 Å². The molecular formula is C17H17ClFNO. The predicted octanol–water partition coefficient (Wildman–Crippen LogP) is 4.39. The molecule has 0 radical (unpaired) electrons. The van der Waals surface area contributed by atoms with Crippen molar-refractivity contribution < 1.29 is 9.13 Å². The van der Waals surface area contributed by atoms with Gasteiger partial charge in [-0.05, 0) is 60.2 Å². The largest absolute Gasteiger partial charge is 0.489 e. The normalized spacial score (nSPS) is 17.4. The third-order valence-electron chi connectivity index (χ3n) is 3.87. The molecule has 0 unspecified atom stereocenters. The number of nitrogens with two attached hydrogens (primary N) is 1. The van der Waals surface area contributed by atoms with E-state index in [0.717, 1.165) is 30.6 Å². The molecule has 2 aromatic carbocycles. The van der Waals surface area contributed by atoms with Crippen LogP contribution in [0.25, 0.3) is 0 Å². The highest BCUT2D eigenvalue weighted by Crippen LogP contribution is 2.31. The molecule has 1 atom stereocenters. The zero-order chi connectivity index (χ0) is 14.8. The first kappa shape index (κ1) is 14.4. The third-order valence-corrected chi connectivity index (χ3v) is 4.16. The van der Waals surface area contributed by atoms with Crippen molar-refractivity contribution in [3.8, 4) is 5.75 Å². The molecule has 3 rings (SSSR count). The van der Waals surface area contributed by atoms with Crippen LogP contribution >= 0.6 is 11.6 Å². The van der Waals surface area contributed by atoms with Gasteiger partial charge in [-0.15, -0.1) is 0 Å². The maximum atomic E-state index is 13.1. The standard InChI is InChI=1S/C17H17ClFNO/c18-15-8-11(4-7-16(15)19)10-21-13-6-5-12-2-1-3-17(20)14(12)9-13/h4-9,17H,1-3,10,20H2/t17-/m1/s1. The molecule has 110 valence electrons. The number of hydrogen-bond donors (Lipinski definition) is 1. The molecule has 0 bridgehead atoms. The van der Waals surface area contributed by atoms with E-state index in [-0.39, 0.29) is 11.1 Å². The molecule has 2 nitrogen and oxygen atoms in total. The van der Waals surface area contributed by atoms with E-state index in [0.29, 0.717) is 6.61 Å². The Morgan fingerprint density at radius 3 is 2.90 bits per heavy atom. The van der Waals surface area contributed by atoms with Crippen molar-refractivity contribution in [1.82, 2.24) is 0 Å². The van der Waals surface area contributed by atoms with E-state index in [1.54, 1.807) is 12.1 Å². The van der Waals surface area contributed by atoms with Crippen LogP contribution in [0.3, 0.4) is 0 Å². The summed E-state index contributed by atoms with van der Waals surface area (Å²) in [4.78, 5) is 0. The lowest BCUT2D eigenvalue weighted by Gasteiger charge is -2.22. The van der Waals surface area contributed by atoms with Gasteiger partial charge in [0, 0.05) is 6.04 Å². The molecule has 21 heavy (non-hydrogen) atoms. The Labute approximate surface area is 128 Å². The zero-order valence-electron chi connectivity index (χ0n) is 11.6.